The van der Waals surface area contributed by atoms with Crippen LogP contribution < -0.4 is 42.8 Å². The van der Waals surface area contributed by atoms with Crippen LogP contribution in [-0.2, 0) is 77.4 Å². The van der Waals surface area contributed by atoms with Crippen LogP contribution in [0.2, 0.25) is 0 Å². The molecule has 0 aliphatic rings. The second kappa shape index (κ2) is 45.3. The standard InChI is InChI=1S/C31H34N4O6S2.2C31H32N4O5S.H3N/c1-31(2,3)41-30(37)34-26(19-21-10-6-4-7-11-21)28(36)32-25(18-22-14-16-24(17-15-22)35-43(38,39)40)27-20-42-29(33-27)23-12-8-5-9-13-23;2*1-31(2,3)40-30(37)34-26(19-21-10-6-4-7-11-21)28(36)32-25(18-22-14-16-24(17-15-22)35(38)39)27-20-41-29(33-27)23-12-8-5-9-13-23;/h4-17,20,25-26,35H,18-19H2,1-3H3,(H,32,36)(H,34,37)(H,38,39,40);2*4-17,20,25-26H,18-19H2,1-3H3,(H,32,36)(H,34,37);1H3/t3*25-,26-;/m000./s1. The Balaban J connectivity index is 0.000000213. The number of alkyl carbamates (subject to hydrolysis) is 3. The molecule has 12 rings (SSSR count). The fraction of sp³-hybridized carbons (Fsp3) is 0.258. The van der Waals surface area contributed by atoms with Crippen molar-refractivity contribution in [2.24, 2.45) is 0 Å². The van der Waals surface area contributed by atoms with Gasteiger partial charge in [-0.1, -0.05) is 218 Å². The van der Waals surface area contributed by atoms with Crippen molar-refractivity contribution in [1.82, 2.24) is 53.0 Å². The first-order valence-corrected chi connectivity index (χ1v) is 43.9. The van der Waals surface area contributed by atoms with Crippen molar-refractivity contribution in [1.29, 1.82) is 0 Å². The molecule has 29 nitrogen and oxygen atoms in total. The molecule has 0 saturated carbocycles. The van der Waals surface area contributed by atoms with Gasteiger partial charge in [0.05, 0.1) is 45.1 Å². The minimum absolute atomic E-state index is 0. The number of carbonyl (C=O) groups excluding carboxylic acids is 6. The highest BCUT2D eigenvalue weighted by Crippen LogP contribution is 2.33. The minimum Gasteiger partial charge on any atom is -0.731 e. The second-order valence-corrected chi connectivity index (χ2v) is 35.6. The van der Waals surface area contributed by atoms with Crippen molar-refractivity contribution in [2.75, 3.05) is 4.72 Å². The first-order chi connectivity index (χ1) is 59.5. The van der Waals surface area contributed by atoms with Crippen LogP contribution in [0.5, 0.6) is 0 Å². The molecule has 658 valence electrons. The van der Waals surface area contributed by atoms with Crippen molar-refractivity contribution in [3.63, 3.8) is 0 Å². The summed E-state index contributed by atoms with van der Waals surface area (Å²) in [5.74, 6) is -1.23. The molecule has 6 atom stereocenters. The van der Waals surface area contributed by atoms with E-state index in [0.29, 0.717) is 36.3 Å². The Morgan fingerprint density at radius 1 is 0.349 bits per heavy atom. The molecular formula is C93H101N13O16S4. The van der Waals surface area contributed by atoms with Crippen LogP contribution in [0.15, 0.2) is 271 Å². The van der Waals surface area contributed by atoms with Crippen LogP contribution in [0.4, 0.5) is 31.4 Å². The van der Waals surface area contributed by atoms with Crippen LogP contribution in [0.25, 0.3) is 31.7 Å². The molecule has 0 aliphatic heterocycles. The number of nitrogens with one attached hydrogen (secondary N) is 7. The molecule has 0 spiro atoms. The molecule has 6 amide bonds. The van der Waals surface area contributed by atoms with Crippen molar-refractivity contribution < 1.29 is 65.8 Å². The topological polar surface area (TPSA) is 433 Å². The first kappa shape index (κ1) is 96.4. The number of carbonyl (C=O) groups is 6. The number of hydrogen-bond donors (Lipinski definition) is 8. The average molecular weight is 1790 g/mol. The lowest BCUT2D eigenvalue weighted by Gasteiger charge is -2.25. The maximum atomic E-state index is 13.8. The molecule has 3 heterocycles. The van der Waals surface area contributed by atoms with Crippen LogP contribution in [0, 0.1) is 20.2 Å². The van der Waals surface area contributed by atoms with Crippen molar-refractivity contribution in [3.8, 4) is 31.7 Å². The fourth-order valence-corrected chi connectivity index (χ4v) is 15.6. The van der Waals surface area contributed by atoms with Gasteiger partial charge in [-0.2, -0.15) is 0 Å². The van der Waals surface area contributed by atoms with E-state index in [1.54, 1.807) is 98.7 Å². The lowest BCUT2D eigenvalue weighted by molar-refractivity contribution is -0.385. The summed E-state index contributed by atoms with van der Waals surface area (Å²) in [5.41, 5.74) is 7.58. The van der Waals surface area contributed by atoms with E-state index in [2.05, 4.69) is 31.9 Å². The van der Waals surface area contributed by atoms with Crippen molar-refractivity contribution in [2.45, 2.75) is 154 Å². The van der Waals surface area contributed by atoms with Crippen LogP contribution in [-0.4, -0.2) is 109 Å². The van der Waals surface area contributed by atoms with E-state index in [0.717, 1.165) is 65.1 Å². The van der Waals surface area contributed by atoms with Gasteiger partial charge in [-0.05, 0) is 127 Å². The van der Waals surface area contributed by atoms with E-state index in [4.69, 9.17) is 29.2 Å². The first-order valence-electron chi connectivity index (χ1n) is 39.8. The molecule has 0 unspecified atom stereocenters. The molecule has 0 fully saturated rings. The Morgan fingerprint density at radius 3 is 0.810 bits per heavy atom. The molecule has 33 heteroatoms. The number of non-ortho nitro benzene ring substituents is 2. The number of aromatic nitrogens is 3. The molecule has 0 bridgehead atoms. The lowest BCUT2D eigenvalue weighted by atomic mass is 10.0. The molecule has 0 aliphatic carbocycles. The predicted molar refractivity (Wildman–Crippen MR) is 488 cm³/mol. The van der Waals surface area contributed by atoms with E-state index >= 15 is 0 Å². The lowest BCUT2D eigenvalue weighted by Crippen LogP contribution is -2.50. The Morgan fingerprint density at radius 2 is 0.579 bits per heavy atom. The number of nitrogens with zero attached hydrogens (tertiary/aromatic N) is 5. The van der Waals surface area contributed by atoms with Gasteiger partial charge >= 0.3 is 18.3 Å². The van der Waals surface area contributed by atoms with Crippen LogP contribution in [0.3, 0.4) is 0 Å². The molecule has 0 saturated heterocycles. The maximum absolute atomic E-state index is 13.8. The number of ether oxygens (including phenoxy) is 3. The molecule has 126 heavy (non-hydrogen) atoms. The Labute approximate surface area is 743 Å². The molecule has 12 aromatic rings. The smallest absolute Gasteiger partial charge is 0.408 e. The predicted octanol–water partition coefficient (Wildman–Crippen LogP) is 18.1. The van der Waals surface area contributed by atoms with E-state index in [1.807, 2.05) is 203 Å². The van der Waals surface area contributed by atoms with Crippen LogP contribution >= 0.6 is 34.0 Å². The molecular weight excluding hydrogens is 1680 g/mol. The average Bonchev–Trinajstić information content (AvgIpc) is 1.59. The number of benzene rings is 9. The highest BCUT2D eigenvalue weighted by Gasteiger charge is 2.33. The SMILES string of the molecule is CC(C)(C)OC(=O)N[C@@H](Cc1ccccc1)C(=O)N[C@@H](Cc1ccc(NS(=O)(=O)[O-])cc1)c1csc(-c2ccccc2)n1.CC(C)(C)OC(=O)N[C@@H](Cc1ccccc1)C(=O)N[C@@H](Cc1ccc([N+](=O)[O-])cc1)c1csc(-c2ccccc2)n1.CC(C)(C)OC(=O)N[C@@H](Cc1ccccc1)C(=O)N[C@@H](Cc1ccc([N+](=O)[O-])cc1)c1csc(-c2ccccc2)n1.[NH4+]. The second-order valence-electron chi connectivity index (χ2n) is 31.9. The van der Waals surface area contributed by atoms with Gasteiger partial charge in [0.15, 0.2) is 10.3 Å². The van der Waals surface area contributed by atoms with Gasteiger partial charge < -0.3 is 56.8 Å². The summed E-state index contributed by atoms with van der Waals surface area (Å²) >= 11 is 4.36. The number of hydrogen-bond acceptors (Lipinski definition) is 22. The van der Waals surface area contributed by atoms with Gasteiger partial charge in [-0.25, -0.2) is 37.8 Å². The van der Waals surface area contributed by atoms with E-state index in [9.17, 15) is 62.0 Å². The number of thiazole rings is 3. The monoisotopic (exact) mass is 1780 g/mol. The fourth-order valence-electron chi connectivity index (χ4n) is 12.6. The van der Waals surface area contributed by atoms with Gasteiger partial charge in [0.2, 0.25) is 17.7 Å². The van der Waals surface area contributed by atoms with E-state index in [1.165, 1.54) is 70.4 Å². The molecule has 0 radical (unpaired) electrons. The van der Waals surface area contributed by atoms with Gasteiger partial charge in [-0.15, -0.1) is 34.0 Å². The summed E-state index contributed by atoms with van der Waals surface area (Å²) in [6.45, 7) is 15.8. The molecule has 9 aromatic carbocycles. The molecule has 3 aromatic heterocycles. The van der Waals surface area contributed by atoms with E-state index in [-0.39, 0.29) is 42.5 Å². The third-order valence-corrected chi connectivity index (χ3v) is 21.5. The summed E-state index contributed by atoms with van der Waals surface area (Å²) in [6, 6.07) is 71.5. The van der Waals surface area contributed by atoms with Crippen molar-refractivity contribution >= 4 is 97.4 Å². The summed E-state index contributed by atoms with van der Waals surface area (Å²) in [7, 11) is -4.66. The number of rotatable bonds is 31. The van der Waals surface area contributed by atoms with Gasteiger partial charge in [0, 0.05) is 82.0 Å². The maximum Gasteiger partial charge on any atom is 0.408 e. The third-order valence-electron chi connectivity index (χ3n) is 18.3. The quantitative estimate of drug-likeness (QED) is 0.00866. The Kier molecular flexibility index (Phi) is 34.6. The Hall–Kier alpha value is -13.4. The van der Waals surface area contributed by atoms with Gasteiger partial charge in [0.1, 0.15) is 50.0 Å². The third kappa shape index (κ3) is 32.0. The summed E-state index contributed by atoms with van der Waals surface area (Å²) < 4.78 is 51.4. The van der Waals surface area contributed by atoms with Crippen LogP contribution in [0.1, 0.15) is 131 Å². The van der Waals surface area contributed by atoms with E-state index < -0.39 is 109 Å². The number of nitro groups is 2. The summed E-state index contributed by atoms with van der Waals surface area (Å²) in [6.07, 6.45) is -0.380. The van der Waals surface area contributed by atoms with Gasteiger partial charge in [0.25, 0.3) is 11.4 Å². The zero-order chi connectivity index (χ0) is 89.9. The summed E-state index contributed by atoms with van der Waals surface area (Å²) in [5, 5.41) is 47.7. The highest BCUT2D eigenvalue weighted by atomic mass is 32.2. The largest absolute Gasteiger partial charge is 0.731 e. The summed E-state index contributed by atoms with van der Waals surface area (Å²) in [4.78, 5) is 115. The number of nitro benzene ring substituents is 2. The zero-order valence-corrected chi connectivity index (χ0v) is 74.4. The highest BCUT2D eigenvalue weighted by molar-refractivity contribution is 7.87. The normalized spacial score (nSPS) is 12.7. The number of anilines is 1. The Bertz CT molecular complexity index is 5440. The molecule has 11 N–H and O–H groups in total. The van der Waals surface area contributed by atoms with Gasteiger partial charge in [-0.3, -0.25) is 39.3 Å². The van der Waals surface area contributed by atoms with Crippen molar-refractivity contribution in [3.05, 3.63) is 342 Å². The number of amides is 6. The minimum atomic E-state index is -4.66. The number of quaternary nitrogens is 1. The zero-order valence-electron chi connectivity index (χ0n) is 71.1.